The van der Waals surface area contributed by atoms with E-state index in [-0.39, 0.29) is 6.42 Å². The highest BCUT2D eigenvalue weighted by Crippen LogP contribution is 2.56. The maximum atomic E-state index is 10.9. The van der Waals surface area contributed by atoms with Crippen molar-refractivity contribution in [2.24, 2.45) is 0 Å². The summed E-state index contributed by atoms with van der Waals surface area (Å²) >= 11 is 0. The molecular weight excluding hydrogens is 351 g/mol. The zero-order chi connectivity index (χ0) is 19.1. The molecule has 0 aliphatic carbocycles. The van der Waals surface area contributed by atoms with Crippen LogP contribution in [0.2, 0.25) is 0 Å². The molecule has 3 heteroatoms. The summed E-state index contributed by atoms with van der Waals surface area (Å²) in [5.74, 6) is -0.964. The minimum atomic E-state index is -1.86. The molecule has 0 fully saturated rings. The Kier molecular flexibility index (Phi) is 6.42. The van der Waals surface area contributed by atoms with Crippen molar-refractivity contribution in [2.75, 3.05) is 6.16 Å². The van der Waals surface area contributed by atoms with Gasteiger partial charge in [-0.2, -0.15) is 0 Å². The van der Waals surface area contributed by atoms with Gasteiger partial charge in [-0.05, 0) is 62.1 Å². The minimum absolute atomic E-state index is 0.122. The average Bonchev–Trinajstić information content (AvgIpc) is 2.70. The second-order valence-electron chi connectivity index (χ2n) is 6.82. The Balaban J connectivity index is 2.16. The third-order valence-electron chi connectivity index (χ3n) is 5.05. The fourth-order valence-corrected chi connectivity index (χ4v) is 8.47. The number of carbonyl (C=O) groups excluding carboxylic acids is 1. The summed E-state index contributed by atoms with van der Waals surface area (Å²) in [6, 6.07) is 30.1. The van der Waals surface area contributed by atoms with E-state index >= 15 is 0 Å². The Labute approximate surface area is 162 Å². The number of carboxylic acids is 1. The van der Waals surface area contributed by atoms with Crippen LogP contribution in [0.3, 0.4) is 0 Å². The molecule has 3 aromatic rings. The second kappa shape index (κ2) is 8.97. The van der Waals surface area contributed by atoms with Crippen molar-refractivity contribution in [3.05, 3.63) is 90.5 Å². The highest BCUT2D eigenvalue weighted by atomic mass is 31.2. The second-order valence-corrected chi connectivity index (χ2v) is 10.4. The van der Waals surface area contributed by atoms with E-state index in [2.05, 4.69) is 91.9 Å². The number of aliphatic carboxylic acids is 1. The molecular formula is C24H25O2P. The predicted molar refractivity (Wildman–Crippen MR) is 114 cm³/mol. The van der Waals surface area contributed by atoms with Crippen LogP contribution in [0.4, 0.5) is 0 Å². The molecule has 0 radical (unpaired) electrons. The highest BCUT2D eigenvalue weighted by molar-refractivity contribution is 7.95. The van der Waals surface area contributed by atoms with Gasteiger partial charge in [-0.15, -0.1) is 0 Å². The smallest absolute Gasteiger partial charge is 0.112 e. The van der Waals surface area contributed by atoms with Crippen LogP contribution in [0, 0.1) is 6.92 Å². The summed E-state index contributed by atoms with van der Waals surface area (Å²) < 4.78 is 0. The van der Waals surface area contributed by atoms with Crippen molar-refractivity contribution in [2.45, 2.75) is 26.2 Å². The van der Waals surface area contributed by atoms with E-state index in [9.17, 15) is 9.90 Å². The number of hydrogen-bond acceptors (Lipinski definition) is 2. The first kappa shape index (κ1) is 19.3. The zero-order valence-corrected chi connectivity index (χ0v) is 16.6. The highest BCUT2D eigenvalue weighted by Gasteiger charge is 2.45. The molecule has 0 amide bonds. The molecule has 0 aliphatic heterocycles. The van der Waals surface area contributed by atoms with Gasteiger partial charge in [0, 0.05) is 5.97 Å². The van der Waals surface area contributed by atoms with Crippen molar-refractivity contribution in [1.29, 1.82) is 0 Å². The van der Waals surface area contributed by atoms with E-state index in [4.69, 9.17) is 0 Å². The first-order valence-electron chi connectivity index (χ1n) is 9.40. The van der Waals surface area contributed by atoms with Gasteiger partial charge in [0.2, 0.25) is 0 Å². The lowest BCUT2D eigenvalue weighted by atomic mass is 10.2. The van der Waals surface area contributed by atoms with E-state index in [0.717, 1.165) is 12.6 Å². The van der Waals surface area contributed by atoms with Gasteiger partial charge in [0.05, 0.1) is 6.16 Å². The third-order valence-corrected chi connectivity index (χ3v) is 9.72. The molecule has 0 heterocycles. The van der Waals surface area contributed by atoms with Crippen LogP contribution in [0.15, 0.2) is 84.9 Å². The number of hydrogen-bond donors (Lipinski definition) is 0. The van der Waals surface area contributed by atoms with Crippen LogP contribution in [-0.2, 0) is 4.79 Å². The third kappa shape index (κ3) is 4.28. The SMILES string of the molecule is Cc1ccccc1[P+](CCCCC(=O)[O-])(c1ccccc1)c1ccccc1. The van der Waals surface area contributed by atoms with Gasteiger partial charge < -0.3 is 9.90 Å². The van der Waals surface area contributed by atoms with Gasteiger partial charge in [-0.3, -0.25) is 0 Å². The lowest BCUT2D eigenvalue weighted by Crippen LogP contribution is -2.34. The van der Waals surface area contributed by atoms with Crippen LogP contribution >= 0.6 is 7.26 Å². The summed E-state index contributed by atoms with van der Waals surface area (Å²) in [5.41, 5.74) is 1.29. The van der Waals surface area contributed by atoms with Crippen molar-refractivity contribution in [3.63, 3.8) is 0 Å². The quantitative estimate of drug-likeness (QED) is 0.447. The minimum Gasteiger partial charge on any atom is -0.550 e. The Bertz CT molecular complexity index is 836. The van der Waals surface area contributed by atoms with Crippen molar-refractivity contribution in [3.8, 4) is 0 Å². The molecule has 0 spiro atoms. The fraction of sp³-hybridized carbons (Fsp3) is 0.208. The number of carbonyl (C=O) groups is 1. The molecule has 0 atom stereocenters. The first-order valence-corrected chi connectivity index (χ1v) is 11.4. The van der Waals surface area contributed by atoms with E-state index in [1.54, 1.807) is 0 Å². The van der Waals surface area contributed by atoms with E-state index in [0.29, 0.717) is 6.42 Å². The summed E-state index contributed by atoms with van der Waals surface area (Å²) in [5, 5.41) is 15.0. The van der Waals surface area contributed by atoms with Gasteiger partial charge in [-0.25, -0.2) is 0 Å². The number of carboxylic acid groups (broad SMARTS) is 1. The van der Waals surface area contributed by atoms with E-state index < -0.39 is 13.2 Å². The van der Waals surface area contributed by atoms with E-state index in [1.165, 1.54) is 21.5 Å². The Hall–Kier alpha value is -2.44. The van der Waals surface area contributed by atoms with Crippen LogP contribution in [0.5, 0.6) is 0 Å². The summed E-state index contributed by atoms with van der Waals surface area (Å²) in [6.45, 7) is 2.18. The largest absolute Gasteiger partial charge is 0.550 e. The maximum Gasteiger partial charge on any atom is 0.112 e. The van der Waals surface area contributed by atoms with Crippen molar-refractivity contribution in [1.82, 2.24) is 0 Å². The molecule has 2 nitrogen and oxygen atoms in total. The molecule has 0 saturated heterocycles. The van der Waals surface area contributed by atoms with Crippen molar-refractivity contribution < 1.29 is 9.90 Å². The summed E-state index contributed by atoms with van der Waals surface area (Å²) in [6.07, 6.45) is 2.59. The molecule has 3 rings (SSSR count). The van der Waals surface area contributed by atoms with Gasteiger partial charge in [0.15, 0.2) is 0 Å². The van der Waals surface area contributed by atoms with E-state index in [1.807, 2.05) is 0 Å². The molecule has 0 N–H and O–H groups in total. The summed E-state index contributed by atoms with van der Waals surface area (Å²) in [7, 11) is -1.86. The molecule has 0 saturated carbocycles. The van der Waals surface area contributed by atoms with Crippen LogP contribution in [-0.4, -0.2) is 12.1 Å². The number of unbranched alkanes of at least 4 members (excludes halogenated alkanes) is 1. The number of aryl methyl sites for hydroxylation is 1. The maximum absolute atomic E-state index is 10.9. The Morgan fingerprint density at radius 1 is 0.778 bits per heavy atom. The Morgan fingerprint density at radius 3 is 1.81 bits per heavy atom. The van der Waals surface area contributed by atoms with Gasteiger partial charge >= 0.3 is 0 Å². The van der Waals surface area contributed by atoms with Gasteiger partial charge in [-0.1, -0.05) is 54.6 Å². The molecule has 0 bridgehead atoms. The first-order chi connectivity index (χ1) is 13.1. The molecule has 27 heavy (non-hydrogen) atoms. The molecule has 3 aromatic carbocycles. The fourth-order valence-electron chi connectivity index (χ4n) is 3.78. The van der Waals surface area contributed by atoms with Gasteiger partial charge in [0.1, 0.15) is 23.2 Å². The van der Waals surface area contributed by atoms with Crippen LogP contribution < -0.4 is 21.0 Å². The normalized spacial score (nSPS) is 11.3. The molecule has 138 valence electrons. The van der Waals surface area contributed by atoms with Crippen LogP contribution in [0.25, 0.3) is 0 Å². The number of benzene rings is 3. The van der Waals surface area contributed by atoms with Crippen molar-refractivity contribution >= 4 is 29.1 Å². The standard InChI is InChI=1S/C24H25O2P/c1-20-12-8-9-17-23(20)27(19-11-10-18-24(25)26,21-13-4-2-5-14-21)22-15-6-3-7-16-22/h2-9,12-17H,10-11,18-19H2,1H3. The average molecular weight is 376 g/mol. The monoisotopic (exact) mass is 376 g/mol. The predicted octanol–water partition coefficient (Wildman–Crippen LogP) is 3.21. The topological polar surface area (TPSA) is 40.1 Å². The zero-order valence-electron chi connectivity index (χ0n) is 15.7. The molecule has 0 unspecified atom stereocenters. The summed E-state index contributed by atoms with van der Waals surface area (Å²) in [4.78, 5) is 10.9. The Morgan fingerprint density at radius 2 is 1.30 bits per heavy atom. The number of rotatable bonds is 8. The molecule has 0 aromatic heterocycles. The molecule has 0 aliphatic rings. The lowest BCUT2D eigenvalue weighted by Gasteiger charge is -2.29. The lowest BCUT2D eigenvalue weighted by molar-refractivity contribution is -0.305. The van der Waals surface area contributed by atoms with Crippen LogP contribution in [0.1, 0.15) is 24.8 Å². The van der Waals surface area contributed by atoms with Gasteiger partial charge in [0.25, 0.3) is 0 Å².